The van der Waals surface area contributed by atoms with Crippen LogP contribution in [0.15, 0.2) is 48.5 Å². The van der Waals surface area contributed by atoms with Gasteiger partial charge in [-0.3, -0.25) is 0 Å². The molecule has 2 rings (SSSR count). The summed E-state index contributed by atoms with van der Waals surface area (Å²) < 4.78 is 0. The standard InChI is InChI=1S/C16H16Cl2/c1-12(10-11-17)13-2-4-14(5-3-13)15-6-8-16(18)9-7-15/h2-9,12H,10-11H2,1H3. The molecule has 0 aliphatic rings. The Kier molecular flexibility index (Phi) is 4.68. The van der Waals surface area contributed by atoms with Gasteiger partial charge >= 0.3 is 0 Å². The van der Waals surface area contributed by atoms with Crippen molar-refractivity contribution in [3.05, 3.63) is 59.1 Å². The molecule has 0 nitrogen and oxygen atoms in total. The Morgan fingerprint density at radius 2 is 1.39 bits per heavy atom. The van der Waals surface area contributed by atoms with E-state index < -0.39 is 0 Å². The minimum absolute atomic E-state index is 0.516. The highest BCUT2D eigenvalue weighted by Gasteiger charge is 2.05. The molecule has 2 aromatic carbocycles. The van der Waals surface area contributed by atoms with Gasteiger partial charge in [0.05, 0.1) is 0 Å². The first-order valence-corrected chi connectivity index (χ1v) is 7.04. The van der Waals surface area contributed by atoms with Crippen LogP contribution in [0, 0.1) is 0 Å². The van der Waals surface area contributed by atoms with Gasteiger partial charge in [-0.15, -0.1) is 11.6 Å². The molecule has 94 valence electrons. The van der Waals surface area contributed by atoms with E-state index in [-0.39, 0.29) is 0 Å². The number of hydrogen-bond acceptors (Lipinski definition) is 0. The van der Waals surface area contributed by atoms with Crippen LogP contribution in [0.2, 0.25) is 5.02 Å². The smallest absolute Gasteiger partial charge is 0.0406 e. The average molecular weight is 279 g/mol. The van der Waals surface area contributed by atoms with E-state index >= 15 is 0 Å². The van der Waals surface area contributed by atoms with Gasteiger partial charge in [-0.2, -0.15) is 0 Å². The summed E-state index contributed by atoms with van der Waals surface area (Å²) in [6.45, 7) is 2.21. The number of benzene rings is 2. The Morgan fingerprint density at radius 3 is 1.89 bits per heavy atom. The quantitative estimate of drug-likeness (QED) is 0.626. The molecule has 1 unspecified atom stereocenters. The molecule has 0 spiro atoms. The van der Waals surface area contributed by atoms with Gasteiger partial charge in [0, 0.05) is 10.9 Å². The minimum atomic E-state index is 0.516. The summed E-state index contributed by atoms with van der Waals surface area (Å²) in [5.74, 6) is 1.22. The van der Waals surface area contributed by atoms with Crippen LogP contribution in [0.4, 0.5) is 0 Å². The van der Waals surface area contributed by atoms with E-state index in [0.29, 0.717) is 11.8 Å². The SMILES string of the molecule is CC(CCCl)c1ccc(-c2ccc(Cl)cc2)cc1. The zero-order valence-electron chi connectivity index (χ0n) is 10.4. The van der Waals surface area contributed by atoms with E-state index in [9.17, 15) is 0 Å². The van der Waals surface area contributed by atoms with Crippen LogP contribution in [-0.2, 0) is 0 Å². The van der Waals surface area contributed by atoms with Gasteiger partial charge in [0.2, 0.25) is 0 Å². The van der Waals surface area contributed by atoms with Crippen LogP contribution in [-0.4, -0.2) is 5.88 Å². The second-order valence-corrected chi connectivity index (χ2v) is 5.32. The van der Waals surface area contributed by atoms with E-state index in [1.54, 1.807) is 0 Å². The van der Waals surface area contributed by atoms with Gasteiger partial charge in [-0.25, -0.2) is 0 Å². The van der Waals surface area contributed by atoms with Gasteiger partial charge in [-0.1, -0.05) is 54.9 Å². The van der Waals surface area contributed by atoms with Gasteiger partial charge in [0.15, 0.2) is 0 Å². The molecule has 1 atom stereocenters. The second-order valence-electron chi connectivity index (χ2n) is 4.51. The van der Waals surface area contributed by atoms with Crippen LogP contribution in [0.5, 0.6) is 0 Å². The fraction of sp³-hybridized carbons (Fsp3) is 0.250. The van der Waals surface area contributed by atoms with E-state index in [4.69, 9.17) is 23.2 Å². The lowest BCUT2D eigenvalue weighted by Gasteiger charge is -2.10. The van der Waals surface area contributed by atoms with Crippen LogP contribution < -0.4 is 0 Å². The van der Waals surface area contributed by atoms with Crippen LogP contribution in [0.25, 0.3) is 11.1 Å². The van der Waals surface area contributed by atoms with Crippen molar-refractivity contribution in [2.45, 2.75) is 19.3 Å². The van der Waals surface area contributed by atoms with E-state index in [1.807, 2.05) is 24.3 Å². The topological polar surface area (TPSA) is 0 Å². The van der Waals surface area contributed by atoms with Crippen molar-refractivity contribution < 1.29 is 0 Å². The fourth-order valence-electron chi connectivity index (χ4n) is 1.98. The molecule has 0 N–H and O–H groups in total. The fourth-order valence-corrected chi connectivity index (χ4v) is 2.43. The molecule has 0 saturated heterocycles. The molecule has 0 bridgehead atoms. The van der Waals surface area contributed by atoms with E-state index in [2.05, 4.69) is 31.2 Å². The first kappa shape index (κ1) is 13.5. The van der Waals surface area contributed by atoms with Gasteiger partial charge < -0.3 is 0 Å². The van der Waals surface area contributed by atoms with Gasteiger partial charge in [-0.05, 0) is 41.2 Å². The van der Waals surface area contributed by atoms with Gasteiger partial charge in [0.1, 0.15) is 0 Å². The molecule has 2 heteroatoms. The van der Waals surface area contributed by atoms with E-state index in [1.165, 1.54) is 16.7 Å². The lowest BCUT2D eigenvalue weighted by molar-refractivity contribution is 0.738. The monoisotopic (exact) mass is 278 g/mol. The van der Waals surface area contributed by atoms with Crippen molar-refractivity contribution in [3.8, 4) is 11.1 Å². The predicted octanol–water partition coefficient (Wildman–Crippen LogP) is 5.74. The Morgan fingerprint density at radius 1 is 0.889 bits per heavy atom. The Hall–Kier alpha value is -0.980. The molecule has 0 fully saturated rings. The summed E-state index contributed by atoms with van der Waals surface area (Å²) in [5, 5.41) is 0.770. The largest absolute Gasteiger partial charge is 0.127 e. The van der Waals surface area contributed by atoms with Crippen molar-refractivity contribution >= 4 is 23.2 Å². The van der Waals surface area contributed by atoms with Gasteiger partial charge in [0.25, 0.3) is 0 Å². The molecular formula is C16H16Cl2. The third-order valence-corrected chi connectivity index (χ3v) is 3.67. The minimum Gasteiger partial charge on any atom is -0.127 e. The number of halogens is 2. The first-order valence-electron chi connectivity index (χ1n) is 6.12. The molecular weight excluding hydrogens is 263 g/mol. The third-order valence-electron chi connectivity index (χ3n) is 3.20. The van der Waals surface area contributed by atoms with Crippen molar-refractivity contribution in [2.75, 3.05) is 5.88 Å². The molecule has 0 aliphatic heterocycles. The zero-order valence-corrected chi connectivity index (χ0v) is 11.9. The molecule has 0 aliphatic carbocycles. The maximum absolute atomic E-state index is 5.89. The lowest BCUT2D eigenvalue weighted by atomic mass is 9.96. The van der Waals surface area contributed by atoms with Crippen molar-refractivity contribution in [3.63, 3.8) is 0 Å². The predicted molar refractivity (Wildman–Crippen MR) is 80.6 cm³/mol. The van der Waals surface area contributed by atoms with Crippen LogP contribution in [0.3, 0.4) is 0 Å². The molecule has 0 heterocycles. The highest BCUT2D eigenvalue weighted by molar-refractivity contribution is 6.30. The molecule has 2 aromatic rings. The van der Waals surface area contributed by atoms with E-state index in [0.717, 1.165) is 11.4 Å². The number of hydrogen-bond donors (Lipinski definition) is 0. The summed E-state index contributed by atoms with van der Waals surface area (Å²) >= 11 is 11.7. The first-order chi connectivity index (χ1) is 8.70. The summed E-state index contributed by atoms with van der Waals surface area (Å²) in [5.41, 5.74) is 3.75. The van der Waals surface area contributed by atoms with Crippen LogP contribution in [0.1, 0.15) is 24.8 Å². The van der Waals surface area contributed by atoms with Crippen molar-refractivity contribution in [1.82, 2.24) is 0 Å². The lowest BCUT2D eigenvalue weighted by Crippen LogP contribution is -1.94. The summed E-state index contributed by atoms with van der Waals surface area (Å²) in [4.78, 5) is 0. The summed E-state index contributed by atoms with van der Waals surface area (Å²) in [6, 6.07) is 16.6. The second kappa shape index (κ2) is 6.26. The number of alkyl halides is 1. The third kappa shape index (κ3) is 3.28. The average Bonchev–Trinajstić information content (AvgIpc) is 2.40. The Bertz CT molecular complexity index is 486. The molecule has 0 radical (unpaired) electrons. The maximum Gasteiger partial charge on any atom is 0.0406 e. The normalized spacial score (nSPS) is 12.4. The molecule has 18 heavy (non-hydrogen) atoms. The maximum atomic E-state index is 5.89. The number of rotatable bonds is 4. The van der Waals surface area contributed by atoms with Crippen molar-refractivity contribution in [2.24, 2.45) is 0 Å². The van der Waals surface area contributed by atoms with Crippen molar-refractivity contribution in [1.29, 1.82) is 0 Å². The molecule has 0 saturated carbocycles. The zero-order chi connectivity index (χ0) is 13.0. The summed E-state index contributed by atoms with van der Waals surface area (Å²) in [6.07, 6.45) is 1.02. The van der Waals surface area contributed by atoms with Crippen LogP contribution >= 0.6 is 23.2 Å². The highest BCUT2D eigenvalue weighted by Crippen LogP contribution is 2.25. The Labute approximate surface area is 119 Å². The summed E-state index contributed by atoms with van der Waals surface area (Å²) in [7, 11) is 0. The molecule has 0 aromatic heterocycles. The Balaban J connectivity index is 2.19. The molecule has 0 amide bonds. The highest BCUT2D eigenvalue weighted by atomic mass is 35.5.